The van der Waals surface area contributed by atoms with Crippen molar-refractivity contribution in [2.24, 2.45) is 0 Å². The minimum absolute atomic E-state index is 0.278. The first-order chi connectivity index (χ1) is 14.2. The van der Waals surface area contributed by atoms with Crippen molar-refractivity contribution in [3.05, 3.63) is 89.5 Å². The lowest BCUT2D eigenvalue weighted by molar-refractivity contribution is 0.0874. The number of aromatic amines is 1. The van der Waals surface area contributed by atoms with E-state index in [-0.39, 0.29) is 11.7 Å². The Bertz CT molecular complexity index is 1170. The summed E-state index contributed by atoms with van der Waals surface area (Å²) in [4.78, 5) is 25.4. The summed E-state index contributed by atoms with van der Waals surface area (Å²) in [6.07, 6.45) is 2.30. The van der Waals surface area contributed by atoms with Gasteiger partial charge in [0.1, 0.15) is 17.0 Å². The Morgan fingerprint density at radius 2 is 1.93 bits per heavy atom. The molecule has 0 fully saturated rings. The van der Waals surface area contributed by atoms with E-state index in [1.54, 1.807) is 6.20 Å². The average Bonchev–Trinajstić information content (AvgIpc) is 3.19. The summed E-state index contributed by atoms with van der Waals surface area (Å²) < 4.78 is 5.82. The third-order valence-corrected chi connectivity index (χ3v) is 5.39. The fraction of sp³-hybridized carbons (Fsp3) is 0.174. The Morgan fingerprint density at radius 1 is 1.10 bits per heavy atom. The molecular weight excluding hydrogens is 364 g/mol. The molecule has 3 heterocycles. The van der Waals surface area contributed by atoms with Crippen LogP contribution in [0.1, 0.15) is 33.9 Å². The highest BCUT2D eigenvalue weighted by Gasteiger charge is 2.42. The van der Waals surface area contributed by atoms with Crippen LogP contribution in [0.15, 0.2) is 66.9 Å². The lowest BCUT2D eigenvalue weighted by Gasteiger charge is -2.38. The molecule has 4 aromatic rings. The number of fused-ring (bicyclic) bond motifs is 2. The summed E-state index contributed by atoms with van der Waals surface area (Å²) in [5.74, 6) is 0.686. The van der Waals surface area contributed by atoms with Crippen molar-refractivity contribution >= 4 is 16.9 Å². The summed E-state index contributed by atoms with van der Waals surface area (Å²) in [6.45, 7) is 2.52. The molecule has 144 valence electrons. The van der Waals surface area contributed by atoms with E-state index in [0.717, 1.165) is 22.2 Å². The number of benzene rings is 2. The van der Waals surface area contributed by atoms with E-state index in [1.165, 1.54) is 0 Å². The summed E-state index contributed by atoms with van der Waals surface area (Å²) in [6, 6.07) is 19.5. The normalized spacial score (nSPS) is 18.1. The molecule has 5 rings (SSSR count). The van der Waals surface area contributed by atoms with Gasteiger partial charge in [-0.15, -0.1) is 0 Å². The highest BCUT2D eigenvalue weighted by Crippen LogP contribution is 2.40. The number of hydrogen-bond donors (Lipinski definition) is 2. The van der Waals surface area contributed by atoms with Crippen LogP contribution in [-0.2, 0) is 5.54 Å². The molecule has 2 aromatic heterocycles. The fourth-order valence-electron chi connectivity index (χ4n) is 3.89. The van der Waals surface area contributed by atoms with Crippen LogP contribution in [0, 0.1) is 6.92 Å². The topological polar surface area (TPSA) is 79.9 Å². The number of hydrogen-bond acceptors (Lipinski definition) is 4. The molecule has 0 bridgehead atoms. The number of pyridine rings is 1. The van der Waals surface area contributed by atoms with Crippen LogP contribution in [-0.4, -0.2) is 27.5 Å². The van der Waals surface area contributed by atoms with Crippen molar-refractivity contribution in [1.82, 2.24) is 20.3 Å². The van der Waals surface area contributed by atoms with Crippen LogP contribution in [0.25, 0.3) is 11.0 Å². The summed E-state index contributed by atoms with van der Waals surface area (Å²) >= 11 is 0. The first kappa shape index (κ1) is 17.4. The molecule has 2 aromatic carbocycles. The number of ether oxygens (including phenoxy) is 1. The molecule has 1 atom stereocenters. The molecule has 6 nitrogen and oxygen atoms in total. The van der Waals surface area contributed by atoms with Crippen LogP contribution in [0.5, 0.6) is 5.75 Å². The Balaban J connectivity index is 1.61. The van der Waals surface area contributed by atoms with Gasteiger partial charge < -0.3 is 15.0 Å². The lowest BCUT2D eigenvalue weighted by Crippen LogP contribution is -2.50. The van der Waals surface area contributed by atoms with Gasteiger partial charge in [0.25, 0.3) is 5.91 Å². The van der Waals surface area contributed by atoms with Crippen LogP contribution in [0.2, 0.25) is 0 Å². The number of aryl methyl sites for hydroxylation is 1. The molecule has 0 aliphatic carbocycles. The van der Waals surface area contributed by atoms with Crippen LogP contribution in [0.3, 0.4) is 0 Å². The van der Waals surface area contributed by atoms with Crippen LogP contribution in [0.4, 0.5) is 0 Å². The minimum atomic E-state index is -0.793. The fourth-order valence-corrected chi connectivity index (χ4v) is 3.89. The molecular formula is C23H20N4O2. The number of carbonyl (C=O) groups is 1. The van der Waals surface area contributed by atoms with Gasteiger partial charge in [-0.1, -0.05) is 42.0 Å². The number of nitrogens with one attached hydrogen (secondary N) is 2. The zero-order valence-electron chi connectivity index (χ0n) is 16.0. The average molecular weight is 384 g/mol. The second-order valence-electron chi connectivity index (χ2n) is 7.28. The first-order valence-corrected chi connectivity index (χ1v) is 9.58. The maximum atomic E-state index is 13.3. The number of carbonyl (C=O) groups excluding carboxylic acids is 1. The molecule has 6 heteroatoms. The van der Waals surface area contributed by atoms with Gasteiger partial charge >= 0.3 is 0 Å². The zero-order chi connectivity index (χ0) is 19.8. The van der Waals surface area contributed by atoms with E-state index in [0.29, 0.717) is 24.5 Å². The van der Waals surface area contributed by atoms with Gasteiger partial charge in [0, 0.05) is 12.6 Å². The molecule has 0 spiro atoms. The smallest absolute Gasteiger partial charge is 0.288 e. The lowest BCUT2D eigenvalue weighted by atomic mass is 9.81. The highest BCUT2D eigenvalue weighted by atomic mass is 16.5. The number of para-hydroxylation sites is 2. The van der Waals surface area contributed by atoms with Crippen molar-refractivity contribution in [3.63, 3.8) is 0 Å². The SMILES string of the molecule is Cc1ccc([C@@]2(NC(=O)c3nc4ccccc4[nH]3)CCOc3cccnc32)cc1. The van der Waals surface area contributed by atoms with Crippen molar-refractivity contribution in [1.29, 1.82) is 0 Å². The Kier molecular flexibility index (Phi) is 4.05. The van der Waals surface area contributed by atoms with Crippen molar-refractivity contribution in [2.75, 3.05) is 6.61 Å². The number of imidazole rings is 1. The molecule has 1 aliphatic rings. The Labute approximate surface area is 168 Å². The van der Waals surface area contributed by atoms with Crippen molar-refractivity contribution in [3.8, 4) is 5.75 Å². The summed E-state index contributed by atoms with van der Waals surface area (Å²) in [5.41, 5.74) is 3.62. The quantitative estimate of drug-likeness (QED) is 0.564. The Morgan fingerprint density at radius 3 is 2.76 bits per heavy atom. The van der Waals surface area contributed by atoms with Gasteiger partial charge in [0.15, 0.2) is 5.82 Å². The monoisotopic (exact) mass is 384 g/mol. The standard InChI is InChI=1S/C23H20N4O2/c1-15-8-10-16(11-9-15)23(12-14-29-19-7-4-13-24-20(19)23)27-22(28)21-25-17-5-2-3-6-18(17)26-21/h2-11,13H,12,14H2,1H3,(H,25,26)(H,27,28)/t23-/m0/s1. The van der Waals surface area contributed by atoms with E-state index in [2.05, 4.69) is 20.3 Å². The number of amides is 1. The third kappa shape index (κ3) is 2.93. The second-order valence-corrected chi connectivity index (χ2v) is 7.28. The summed E-state index contributed by atoms with van der Waals surface area (Å²) in [7, 11) is 0. The molecule has 1 amide bonds. The second kappa shape index (κ2) is 6.74. The molecule has 2 N–H and O–H groups in total. The summed E-state index contributed by atoms with van der Waals surface area (Å²) in [5, 5.41) is 3.23. The predicted molar refractivity (Wildman–Crippen MR) is 110 cm³/mol. The maximum Gasteiger partial charge on any atom is 0.288 e. The third-order valence-electron chi connectivity index (χ3n) is 5.39. The Hall–Kier alpha value is -3.67. The number of H-pyrrole nitrogens is 1. The van der Waals surface area contributed by atoms with Gasteiger partial charge in [0.2, 0.25) is 0 Å². The number of nitrogens with zero attached hydrogens (tertiary/aromatic N) is 2. The molecule has 29 heavy (non-hydrogen) atoms. The number of aromatic nitrogens is 3. The van der Waals surface area contributed by atoms with E-state index < -0.39 is 5.54 Å². The van der Waals surface area contributed by atoms with Crippen LogP contribution < -0.4 is 10.1 Å². The zero-order valence-corrected chi connectivity index (χ0v) is 16.0. The van der Waals surface area contributed by atoms with Gasteiger partial charge in [-0.05, 0) is 36.8 Å². The minimum Gasteiger partial charge on any atom is -0.491 e. The van der Waals surface area contributed by atoms with E-state index in [9.17, 15) is 4.79 Å². The van der Waals surface area contributed by atoms with Crippen molar-refractivity contribution < 1.29 is 9.53 Å². The van der Waals surface area contributed by atoms with Crippen LogP contribution >= 0.6 is 0 Å². The van der Waals surface area contributed by atoms with Crippen molar-refractivity contribution in [2.45, 2.75) is 18.9 Å². The van der Waals surface area contributed by atoms with Gasteiger partial charge in [-0.25, -0.2) is 4.98 Å². The highest BCUT2D eigenvalue weighted by molar-refractivity contribution is 5.95. The van der Waals surface area contributed by atoms with Gasteiger partial charge in [0.05, 0.1) is 17.6 Å². The van der Waals surface area contributed by atoms with Gasteiger partial charge in [-0.2, -0.15) is 0 Å². The van der Waals surface area contributed by atoms with Gasteiger partial charge in [-0.3, -0.25) is 9.78 Å². The molecule has 0 unspecified atom stereocenters. The van der Waals surface area contributed by atoms with E-state index in [1.807, 2.05) is 67.6 Å². The molecule has 1 aliphatic heterocycles. The van der Waals surface area contributed by atoms with E-state index >= 15 is 0 Å². The maximum absolute atomic E-state index is 13.3. The predicted octanol–water partition coefficient (Wildman–Crippen LogP) is 3.72. The largest absolute Gasteiger partial charge is 0.491 e. The molecule has 0 radical (unpaired) electrons. The molecule has 0 saturated carbocycles. The molecule has 0 saturated heterocycles. The first-order valence-electron chi connectivity index (χ1n) is 9.58. The number of rotatable bonds is 3. The van der Waals surface area contributed by atoms with E-state index in [4.69, 9.17) is 4.74 Å².